The fourth-order valence-corrected chi connectivity index (χ4v) is 2.07. The summed E-state index contributed by atoms with van der Waals surface area (Å²) in [5, 5.41) is 11.0. The SMILES string of the molecule is COc1ccccc1C(=O)NNC(=O)[C@H](C)Oc1ccccc1[N+](=O)[O-]. The molecule has 0 aromatic heterocycles. The molecule has 0 spiro atoms. The first-order chi connectivity index (χ1) is 12.4. The highest BCUT2D eigenvalue weighted by Crippen LogP contribution is 2.26. The summed E-state index contributed by atoms with van der Waals surface area (Å²) in [7, 11) is 1.42. The average molecular weight is 359 g/mol. The van der Waals surface area contributed by atoms with Gasteiger partial charge in [-0.3, -0.25) is 30.6 Å². The molecule has 0 saturated carbocycles. The van der Waals surface area contributed by atoms with Crippen LogP contribution in [0.4, 0.5) is 5.69 Å². The Morgan fingerprint density at radius 1 is 1.04 bits per heavy atom. The number of amides is 2. The van der Waals surface area contributed by atoms with Gasteiger partial charge in [-0.2, -0.15) is 0 Å². The largest absolute Gasteiger partial charge is 0.496 e. The monoisotopic (exact) mass is 359 g/mol. The van der Waals surface area contributed by atoms with Crippen LogP contribution in [-0.4, -0.2) is 30.0 Å². The van der Waals surface area contributed by atoms with E-state index in [1.165, 1.54) is 38.3 Å². The van der Waals surface area contributed by atoms with E-state index < -0.39 is 22.8 Å². The Morgan fingerprint density at radius 2 is 1.65 bits per heavy atom. The molecule has 2 aromatic rings. The molecule has 0 aliphatic rings. The van der Waals surface area contributed by atoms with Crippen LogP contribution < -0.4 is 20.3 Å². The van der Waals surface area contributed by atoms with E-state index in [1.54, 1.807) is 24.3 Å². The first-order valence-electron chi connectivity index (χ1n) is 7.57. The highest BCUT2D eigenvalue weighted by Gasteiger charge is 2.21. The van der Waals surface area contributed by atoms with E-state index in [9.17, 15) is 19.7 Å². The number of hydrazine groups is 1. The number of benzene rings is 2. The number of nitro benzene ring substituents is 1. The summed E-state index contributed by atoms with van der Waals surface area (Å²) in [6, 6.07) is 12.2. The number of rotatable bonds is 6. The molecular weight excluding hydrogens is 342 g/mol. The summed E-state index contributed by atoms with van der Waals surface area (Å²) in [5.74, 6) is -0.945. The van der Waals surface area contributed by atoms with Gasteiger partial charge in [0.15, 0.2) is 11.9 Å². The van der Waals surface area contributed by atoms with Gasteiger partial charge in [0.25, 0.3) is 11.8 Å². The summed E-state index contributed by atoms with van der Waals surface area (Å²) in [5.41, 5.74) is 4.44. The van der Waals surface area contributed by atoms with Crippen molar-refractivity contribution >= 4 is 17.5 Å². The summed E-state index contributed by atoms with van der Waals surface area (Å²) >= 11 is 0. The topological polar surface area (TPSA) is 120 Å². The maximum absolute atomic E-state index is 12.1. The number of nitrogens with zero attached hydrogens (tertiary/aromatic N) is 1. The Kier molecular flexibility index (Phi) is 6.10. The standard InChI is InChI=1S/C17H17N3O6/c1-11(26-15-10-6-4-8-13(15)20(23)24)16(21)18-19-17(22)12-7-3-5-9-14(12)25-2/h3-11H,1-2H3,(H,18,21)(H,19,22)/t11-/m0/s1. The number of hydrogen-bond acceptors (Lipinski definition) is 6. The van der Waals surface area contributed by atoms with E-state index in [4.69, 9.17) is 9.47 Å². The van der Waals surface area contributed by atoms with Gasteiger partial charge in [-0.25, -0.2) is 0 Å². The van der Waals surface area contributed by atoms with Crippen LogP contribution in [0.25, 0.3) is 0 Å². The van der Waals surface area contributed by atoms with Crippen molar-refractivity contribution in [1.82, 2.24) is 10.9 Å². The third-order valence-electron chi connectivity index (χ3n) is 3.39. The van der Waals surface area contributed by atoms with Crippen LogP contribution in [0.15, 0.2) is 48.5 Å². The highest BCUT2D eigenvalue weighted by molar-refractivity contribution is 5.98. The van der Waals surface area contributed by atoms with Crippen molar-refractivity contribution in [2.24, 2.45) is 0 Å². The Morgan fingerprint density at radius 3 is 2.31 bits per heavy atom. The van der Waals surface area contributed by atoms with Crippen LogP contribution in [0.5, 0.6) is 11.5 Å². The molecule has 0 bridgehead atoms. The molecule has 0 saturated heterocycles. The van der Waals surface area contributed by atoms with E-state index in [0.717, 1.165) is 0 Å². The van der Waals surface area contributed by atoms with Crippen LogP contribution in [-0.2, 0) is 4.79 Å². The van der Waals surface area contributed by atoms with Crippen LogP contribution in [0.3, 0.4) is 0 Å². The van der Waals surface area contributed by atoms with Crippen molar-refractivity contribution in [3.8, 4) is 11.5 Å². The average Bonchev–Trinajstić information content (AvgIpc) is 2.65. The van der Waals surface area contributed by atoms with Crippen molar-refractivity contribution < 1.29 is 24.0 Å². The smallest absolute Gasteiger partial charge is 0.310 e. The van der Waals surface area contributed by atoms with Gasteiger partial charge in [-0.05, 0) is 25.1 Å². The number of para-hydroxylation sites is 3. The van der Waals surface area contributed by atoms with E-state index in [2.05, 4.69) is 10.9 Å². The zero-order valence-electron chi connectivity index (χ0n) is 14.1. The minimum absolute atomic E-state index is 0.0452. The lowest BCUT2D eigenvalue weighted by atomic mass is 10.2. The Bertz CT molecular complexity index is 824. The van der Waals surface area contributed by atoms with Gasteiger partial charge in [-0.1, -0.05) is 24.3 Å². The lowest BCUT2D eigenvalue weighted by Crippen LogP contribution is -2.47. The Hall–Kier alpha value is -3.62. The minimum Gasteiger partial charge on any atom is -0.496 e. The maximum Gasteiger partial charge on any atom is 0.310 e. The predicted octanol–water partition coefficient (Wildman–Crippen LogP) is 1.83. The second-order valence-corrected chi connectivity index (χ2v) is 5.13. The Balaban J connectivity index is 1.97. The third kappa shape index (κ3) is 4.47. The van der Waals surface area contributed by atoms with Gasteiger partial charge in [-0.15, -0.1) is 0 Å². The van der Waals surface area contributed by atoms with Crippen LogP contribution in [0, 0.1) is 10.1 Å². The summed E-state index contributed by atoms with van der Waals surface area (Å²) in [6.45, 7) is 1.40. The van der Waals surface area contributed by atoms with E-state index in [0.29, 0.717) is 5.75 Å². The number of hydrogen-bond donors (Lipinski definition) is 2. The molecule has 0 aliphatic carbocycles. The van der Waals surface area contributed by atoms with Gasteiger partial charge in [0, 0.05) is 6.07 Å². The van der Waals surface area contributed by atoms with Crippen molar-refractivity contribution in [2.45, 2.75) is 13.0 Å². The lowest BCUT2D eigenvalue weighted by molar-refractivity contribution is -0.386. The van der Waals surface area contributed by atoms with E-state index >= 15 is 0 Å². The van der Waals surface area contributed by atoms with Crippen molar-refractivity contribution in [3.05, 3.63) is 64.2 Å². The number of carbonyl (C=O) groups excluding carboxylic acids is 2. The van der Waals surface area contributed by atoms with Crippen LogP contribution in [0.2, 0.25) is 0 Å². The van der Waals surface area contributed by atoms with Crippen LogP contribution in [0.1, 0.15) is 17.3 Å². The zero-order chi connectivity index (χ0) is 19.1. The number of nitro groups is 1. The lowest BCUT2D eigenvalue weighted by Gasteiger charge is -2.15. The molecule has 9 heteroatoms. The normalized spacial score (nSPS) is 11.2. The number of ether oxygens (including phenoxy) is 2. The molecule has 2 amide bonds. The quantitative estimate of drug-likeness (QED) is 0.600. The second kappa shape index (κ2) is 8.47. The molecule has 26 heavy (non-hydrogen) atoms. The molecule has 0 unspecified atom stereocenters. The number of nitrogens with one attached hydrogen (secondary N) is 2. The minimum atomic E-state index is -1.07. The van der Waals surface area contributed by atoms with Gasteiger partial charge >= 0.3 is 5.69 Å². The van der Waals surface area contributed by atoms with E-state index in [1.807, 2.05) is 0 Å². The molecule has 2 N–H and O–H groups in total. The molecule has 9 nitrogen and oxygen atoms in total. The van der Waals surface area contributed by atoms with Gasteiger partial charge < -0.3 is 9.47 Å². The third-order valence-corrected chi connectivity index (χ3v) is 3.39. The highest BCUT2D eigenvalue weighted by atomic mass is 16.6. The number of carbonyl (C=O) groups is 2. The summed E-state index contributed by atoms with van der Waals surface area (Å²) < 4.78 is 10.4. The first kappa shape index (κ1) is 18.7. The molecule has 0 heterocycles. The van der Waals surface area contributed by atoms with Crippen LogP contribution >= 0.6 is 0 Å². The molecule has 0 fully saturated rings. The predicted molar refractivity (Wildman–Crippen MR) is 91.8 cm³/mol. The first-order valence-corrected chi connectivity index (χ1v) is 7.57. The van der Waals surface area contributed by atoms with Crippen molar-refractivity contribution in [2.75, 3.05) is 7.11 Å². The maximum atomic E-state index is 12.1. The summed E-state index contributed by atoms with van der Waals surface area (Å²) in [6.07, 6.45) is -1.07. The van der Waals surface area contributed by atoms with E-state index in [-0.39, 0.29) is 17.0 Å². The Labute approximate surface area is 149 Å². The van der Waals surface area contributed by atoms with Crippen molar-refractivity contribution in [1.29, 1.82) is 0 Å². The fraction of sp³-hybridized carbons (Fsp3) is 0.176. The van der Waals surface area contributed by atoms with Gasteiger partial charge in [0.2, 0.25) is 0 Å². The molecule has 0 radical (unpaired) electrons. The fourth-order valence-electron chi connectivity index (χ4n) is 2.07. The molecule has 0 aliphatic heterocycles. The zero-order valence-corrected chi connectivity index (χ0v) is 14.1. The summed E-state index contributed by atoms with van der Waals surface area (Å²) in [4.78, 5) is 34.5. The molecule has 1 atom stereocenters. The second-order valence-electron chi connectivity index (χ2n) is 5.13. The van der Waals surface area contributed by atoms with Gasteiger partial charge in [0.05, 0.1) is 17.6 Å². The molecule has 2 rings (SSSR count). The molecule has 2 aromatic carbocycles. The molecule has 136 valence electrons. The number of methoxy groups -OCH3 is 1. The van der Waals surface area contributed by atoms with Gasteiger partial charge in [0.1, 0.15) is 5.75 Å². The molecular formula is C17H17N3O6. The van der Waals surface area contributed by atoms with Crippen molar-refractivity contribution in [3.63, 3.8) is 0 Å².